The Kier molecular flexibility index (Phi) is 4.51. The van der Waals surface area contributed by atoms with Gasteiger partial charge in [-0.15, -0.1) is 0 Å². The molecule has 0 saturated carbocycles. The smallest absolute Gasteiger partial charge is 0.320 e. The first-order chi connectivity index (χ1) is 9.22. The summed E-state index contributed by atoms with van der Waals surface area (Å²) in [7, 11) is 2.90. The van der Waals surface area contributed by atoms with Gasteiger partial charge in [-0.05, 0) is 12.8 Å². The third-order valence-corrected chi connectivity index (χ3v) is 2.82. The summed E-state index contributed by atoms with van der Waals surface area (Å²) >= 11 is 0. The molecule has 19 heavy (non-hydrogen) atoms. The number of amides is 1. The van der Waals surface area contributed by atoms with Crippen LogP contribution in [0.25, 0.3) is 0 Å². The van der Waals surface area contributed by atoms with Crippen LogP contribution in [0.5, 0.6) is 11.9 Å². The molecular weight excluding hydrogens is 250 g/mol. The van der Waals surface area contributed by atoms with Gasteiger partial charge >= 0.3 is 6.01 Å². The zero-order chi connectivity index (χ0) is 13.7. The van der Waals surface area contributed by atoms with Gasteiger partial charge in [0.15, 0.2) is 0 Å². The largest absolute Gasteiger partial charge is 0.481 e. The summed E-state index contributed by atoms with van der Waals surface area (Å²) in [6, 6.07) is 1.56. The Morgan fingerprint density at radius 3 is 2.95 bits per heavy atom. The third-order valence-electron chi connectivity index (χ3n) is 2.82. The molecule has 0 unspecified atom stereocenters. The lowest BCUT2D eigenvalue weighted by Crippen LogP contribution is -2.32. The van der Waals surface area contributed by atoms with E-state index in [0.717, 1.165) is 19.4 Å². The second-order valence-electron chi connectivity index (χ2n) is 4.13. The van der Waals surface area contributed by atoms with E-state index in [1.165, 1.54) is 20.3 Å². The molecule has 1 aliphatic heterocycles. The van der Waals surface area contributed by atoms with E-state index in [1.54, 1.807) is 0 Å². The summed E-state index contributed by atoms with van der Waals surface area (Å²) in [6.45, 7) is 1.24. The van der Waals surface area contributed by atoms with Crippen molar-refractivity contribution in [3.05, 3.63) is 11.8 Å². The molecule has 1 aromatic heterocycles. The van der Waals surface area contributed by atoms with Crippen molar-refractivity contribution in [1.29, 1.82) is 0 Å². The van der Waals surface area contributed by atoms with Gasteiger partial charge < -0.3 is 19.5 Å². The van der Waals surface area contributed by atoms with E-state index in [-0.39, 0.29) is 29.6 Å². The van der Waals surface area contributed by atoms with Gasteiger partial charge in [0.2, 0.25) is 5.88 Å². The van der Waals surface area contributed by atoms with Gasteiger partial charge in [0.25, 0.3) is 5.91 Å². The summed E-state index contributed by atoms with van der Waals surface area (Å²) in [5, 5.41) is 2.78. The number of carbonyl (C=O) groups excluding carboxylic acids is 1. The molecule has 1 saturated heterocycles. The molecule has 0 bridgehead atoms. The molecule has 1 fully saturated rings. The zero-order valence-corrected chi connectivity index (χ0v) is 11.0. The highest BCUT2D eigenvalue weighted by Crippen LogP contribution is 2.14. The molecule has 0 radical (unpaired) electrons. The third kappa shape index (κ3) is 3.54. The number of carbonyl (C=O) groups is 1. The van der Waals surface area contributed by atoms with Crippen LogP contribution < -0.4 is 14.8 Å². The van der Waals surface area contributed by atoms with Crippen molar-refractivity contribution >= 4 is 5.91 Å². The van der Waals surface area contributed by atoms with Crippen molar-refractivity contribution in [2.24, 2.45) is 0 Å². The summed E-state index contributed by atoms with van der Waals surface area (Å²) < 4.78 is 15.3. The van der Waals surface area contributed by atoms with E-state index >= 15 is 0 Å². The van der Waals surface area contributed by atoms with E-state index < -0.39 is 0 Å². The van der Waals surface area contributed by atoms with Crippen LogP contribution >= 0.6 is 0 Å². The SMILES string of the molecule is COc1cc(C(=O)NC[C@H]2CCCO2)nc(OC)n1. The lowest BCUT2D eigenvalue weighted by Gasteiger charge is -2.11. The lowest BCUT2D eigenvalue weighted by atomic mass is 10.2. The van der Waals surface area contributed by atoms with E-state index in [9.17, 15) is 4.79 Å². The number of nitrogens with zero attached hydrogens (tertiary/aromatic N) is 2. The topological polar surface area (TPSA) is 82.6 Å². The second-order valence-corrected chi connectivity index (χ2v) is 4.13. The Morgan fingerprint density at radius 1 is 1.47 bits per heavy atom. The predicted molar refractivity (Wildman–Crippen MR) is 66.4 cm³/mol. The molecule has 0 aromatic carbocycles. The lowest BCUT2D eigenvalue weighted by molar-refractivity contribution is 0.0852. The van der Waals surface area contributed by atoms with E-state index in [1.807, 2.05) is 0 Å². The van der Waals surface area contributed by atoms with Crippen LogP contribution in [0.15, 0.2) is 6.07 Å². The molecule has 7 heteroatoms. The quantitative estimate of drug-likeness (QED) is 0.831. The molecular formula is C12H17N3O4. The Balaban J connectivity index is 2.00. The van der Waals surface area contributed by atoms with E-state index in [4.69, 9.17) is 14.2 Å². The van der Waals surface area contributed by atoms with E-state index in [2.05, 4.69) is 15.3 Å². The van der Waals surface area contributed by atoms with Crippen LogP contribution in [0.2, 0.25) is 0 Å². The molecule has 1 aliphatic rings. The maximum Gasteiger partial charge on any atom is 0.320 e. The predicted octanol–water partition coefficient (Wildman–Crippen LogP) is 0.403. The molecule has 1 aromatic rings. The van der Waals surface area contributed by atoms with Gasteiger partial charge in [0, 0.05) is 19.2 Å². The fourth-order valence-corrected chi connectivity index (χ4v) is 1.82. The second kappa shape index (κ2) is 6.33. The normalized spacial score (nSPS) is 18.1. The maximum absolute atomic E-state index is 12.0. The molecule has 104 valence electrons. The average molecular weight is 267 g/mol. The minimum Gasteiger partial charge on any atom is -0.481 e. The highest BCUT2D eigenvalue weighted by Gasteiger charge is 2.18. The summed E-state index contributed by atoms with van der Waals surface area (Å²) in [5.74, 6) is -0.0105. The number of nitrogens with one attached hydrogen (secondary N) is 1. The number of rotatable bonds is 5. The van der Waals surface area contributed by atoms with Gasteiger partial charge in [0.1, 0.15) is 5.69 Å². The number of aromatic nitrogens is 2. The van der Waals surface area contributed by atoms with Crippen molar-refractivity contribution in [2.45, 2.75) is 18.9 Å². The molecule has 0 spiro atoms. The Labute approximate surface area is 111 Å². The van der Waals surface area contributed by atoms with Gasteiger partial charge in [-0.1, -0.05) is 0 Å². The van der Waals surface area contributed by atoms with Crippen LogP contribution in [0, 0.1) is 0 Å². The zero-order valence-electron chi connectivity index (χ0n) is 11.0. The minimum atomic E-state index is -0.297. The van der Waals surface area contributed by atoms with E-state index in [0.29, 0.717) is 6.54 Å². The average Bonchev–Trinajstić information content (AvgIpc) is 2.97. The first-order valence-corrected chi connectivity index (χ1v) is 6.10. The Hall–Kier alpha value is -1.89. The summed E-state index contributed by atoms with van der Waals surface area (Å²) in [5.41, 5.74) is 0.210. The van der Waals surface area contributed by atoms with Crippen LogP contribution in [0.1, 0.15) is 23.3 Å². The number of ether oxygens (including phenoxy) is 3. The fraction of sp³-hybridized carbons (Fsp3) is 0.583. The van der Waals surface area contributed by atoms with Gasteiger partial charge in [-0.2, -0.15) is 9.97 Å². The molecule has 0 aliphatic carbocycles. The van der Waals surface area contributed by atoms with Crippen LogP contribution in [-0.4, -0.2) is 49.4 Å². The molecule has 2 rings (SSSR count). The molecule has 1 N–H and O–H groups in total. The number of methoxy groups -OCH3 is 2. The van der Waals surface area contributed by atoms with Crippen LogP contribution in [-0.2, 0) is 4.74 Å². The highest BCUT2D eigenvalue weighted by molar-refractivity contribution is 5.92. The molecule has 2 heterocycles. The molecule has 7 nitrogen and oxygen atoms in total. The molecule has 1 atom stereocenters. The van der Waals surface area contributed by atoms with Crippen molar-refractivity contribution < 1.29 is 19.0 Å². The maximum atomic E-state index is 12.0. The number of hydrogen-bond acceptors (Lipinski definition) is 6. The van der Waals surface area contributed by atoms with Crippen molar-refractivity contribution in [3.63, 3.8) is 0 Å². The van der Waals surface area contributed by atoms with Gasteiger partial charge in [-0.3, -0.25) is 4.79 Å². The minimum absolute atomic E-state index is 0.0922. The standard InChI is InChI=1S/C12H17N3O4/c1-17-10-6-9(14-12(15-10)18-2)11(16)13-7-8-4-3-5-19-8/h6,8H,3-5,7H2,1-2H3,(H,13,16)/t8-/m1/s1. The van der Waals surface area contributed by atoms with Gasteiger partial charge in [0.05, 0.1) is 20.3 Å². The highest BCUT2D eigenvalue weighted by atomic mass is 16.5. The summed E-state index contributed by atoms with van der Waals surface area (Å²) in [6.07, 6.45) is 2.10. The van der Waals surface area contributed by atoms with Crippen molar-refractivity contribution in [1.82, 2.24) is 15.3 Å². The first-order valence-electron chi connectivity index (χ1n) is 6.10. The van der Waals surface area contributed by atoms with Crippen molar-refractivity contribution in [2.75, 3.05) is 27.4 Å². The van der Waals surface area contributed by atoms with Crippen LogP contribution in [0.3, 0.4) is 0 Å². The monoisotopic (exact) mass is 267 g/mol. The Bertz CT molecular complexity index is 424. The Morgan fingerprint density at radius 2 is 2.32 bits per heavy atom. The summed E-state index contributed by atoms with van der Waals surface area (Å²) in [4.78, 5) is 19.9. The van der Waals surface area contributed by atoms with Crippen molar-refractivity contribution in [3.8, 4) is 11.9 Å². The van der Waals surface area contributed by atoms with Crippen LogP contribution in [0.4, 0.5) is 0 Å². The first kappa shape index (κ1) is 13.5. The number of hydrogen-bond donors (Lipinski definition) is 1. The van der Waals surface area contributed by atoms with Gasteiger partial charge in [-0.25, -0.2) is 0 Å². The molecule has 1 amide bonds. The fourth-order valence-electron chi connectivity index (χ4n) is 1.82.